The van der Waals surface area contributed by atoms with Gasteiger partial charge in [0.05, 0.1) is 0 Å². The summed E-state index contributed by atoms with van der Waals surface area (Å²) in [5, 5.41) is 0. The van der Waals surface area contributed by atoms with Crippen LogP contribution in [0.25, 0.3) is 0 Å². The van der Waals surface area contributed by atoms with Gasteiger partial charge in [-0.3, -0.25) is 4.79 Å². The number of primary amides is 1. The molecular weight excluding hydrogens is 318 g/mol. The summed E-state index contributed by atoms with van der Waals surface area (Å²) in [6.45, 7) is 5.88. The molecule has 0 aliphatic heterocycles. The van der Waals surface area contributed by atoms with Crippen molar-refractivity contribution in [2.24, 2.45) is 5.73 Å². The van der Waals surface area contributed by atoms with E-state index in [1.54, 1.807) is 12.1 Å². The normalized spacial score (nSPS) is 10.4. The standard InChI is InChI=1S/C16H16BrNO2/c1-9-6-12(4-5-14(9)16(18)19)20-13-7-10(2)15(17)11(3)8-13/h4-8H,1-3H3,(H2,18,19). The number of hydrogen-bond donors (Lipinski definition) is 1. The van der Waals surface area contributed by atoms with Crippen LogP contribution in [-0.4, -0.2) is 5.91 Å². The van der Waals surface area contributed by atoms with Crippen molar-refractivity contribution >= 4 is 21.8 Å². The Morgan fingerprint density at radius 3 is 2.05 bits per heavy atom. The van der Waals surface area contributed by atoms with Gasteiger partial charge >= 0.3 is 0 Å². The lowest BCUT2D eigenvalue weighted by molar-refractivity contribution is 0.0999. The van der Waals surface area contributed by atoms with Gasteiger partial charge in [0.1, 0.15) is 11.5 Å². The molecule has 0 saturated heterocycles. The molecule has 2 N–H and O–H groups in total. The van der Waals surface area contributed by atoms with Gasteiger partial charge in [-0.1, -0.05) is 15.9 Å². The maximum absolute atomic E-state index is 11.2. The van der Waals surface area contributed by atoms with Crippen LogP contribution in [0.4, 0.5) is 0 Å². The average molecular weight is 334 g/mol. The Kier molecular flexibility index (Phi) is 4.14. The van der Waals surface area contributed by atoms with E-state index in [0.29, 0.717) is 11.3 Å². The van der Waals surface area contributed by atoms with E-state index in [9.17, 15) is 4.79 Å². The lowest BCUT2D eigenvalue weighted by atomic mass is 10.1. The molecule has 0 aliphatic carbocycles. The average Bonchev–Trinajstić information content (AvgIpc) is 2.35. The molecule has 3 nitrogen and oxygen atoms in total. The van der Waals surface area contributed by atoms with E-state index in [0.717, 1.165) is 26.9 Å². The molecule has 0 heterocycles. The topological polar surface area (TPSA) is 52.3 Å². The molecular formula is C16H16BrNO2. The van der Waals surface area contributed by atoms with E-state index in [-0.39, 0.29) is 0 Å². The van der Waals surface area contributed by atoms with E-state index in [1.807, 2.05) is 39.0 Å². The van der Waals surface area contributed by atoms with Crippen LogP contribution in [0, 0.1) is 20.8 Å². The Hall–Kier alpha value is -1.81. The summed E-state index contributed by atoms with van der Waals surface area (Å²) in [6.07, 6.45) is 0. The summed E-state index contributed by atoms with van der Waals surface area (Å²) < 4.78 is 6.93. The molecule has 0 saturated carbocycles. The van der Waals surface area contributed by atoms with Crippen LogP contribution in [0.1, 0.15) is 27.0 Å². The van der Waals surface area contributed by atoms with Crippen molar-refractivity contribution in [2.75, 3.05) is 0 Å². The van der Waals surface area contributed by atoms with Crippen molar-refractivity contribution < 1.29 is 9.53 Å². The summed E-state index contributed by atoms with van der Waals surface area (Å²) in [5.74, 6) is 1.03. The predicted octanol–water partition coefficient (Wildman–Crippen LogP) is 4.27. The zero-order valence-corrected chi connectivity index (χ0v) is 13.2. The zero-order valence-electron chi connectivity index (χ0n) is 11.7. The Bertz CT molecular complexity index is 657. The predicted molar refractivity (Wildman–Crippen MR) is 83.4 cm³/mol. The molecule has 0 spiro atoms. The molecule has 1 amide bonds. The number of ether oxygens (including phenoxy) is 1. The van der Waals surface area contributed by atoms with Crippen molar-refractivity contribution in [3.05, 3.63) is 57.1 Å². The second kappa shape index (κ2) is 5.67. The van der Waals surface area contributed by atoms with Crippen LogP contribution in [0.5, 0.6) is 11.5 Å². The van der Waals surface area contributed by atoms with Crippen molar-refractivity contribution in [3.63, 3.8) is 0 Å². The fraction of sp³-hybridized carbons (Fsp3) is 0.188. The number of halogens is 1. The maximum Gasteiger partial charge on any atom is 0.248 e. The smallest absolute Gasteiger partial charge is 0.248 e. The van der Waals surface area contributed by atoms with Gasteiger partial charge in [0.25, 0.3) is 0 Å². The lowest BCUT2D eigenvalue weighted by Crippen LogP contribution is -2.12. The minimum Gasteiger partial charge on any atom is -0.457 e. The second-order valence-electron chi connectivity index (χ2n) is 4.81. The molecule has 20 heavy (non-hydrogen) atoms. The van der Waals surface area contributed by atoms with Crippen LogP contribution in [0.3, 0.4) is 0 Å². The molecule has 2 aromatic carbocycles. The van der Waals surface area contributed by atoms with E-state index < -0.39 is 5.91 Å². The van der Waals surface area contributed by atoms with E-state index in [1.165, 1.54) is 0 Å². The van der Waals surface area contributed by atoms with Gasteiger partial charge in [0.2, 0.25) is 5.91 Å². The molecule has 0 aliphatic rings. The van der Waals surface area contributed by atoms with Crippen LogP contribution >= 0.6 is 15.9 Å². The molecule has 0 aromatic heterocycles. The van der Waals surface area contributed by atoms with Crippen molar-refractivity contribution in [1.29, 1.82) is 0 Å². The SMILES string of the molecule is Cc1cc(Oc2cc(C)c(Br)c(C)c2)ccc1C(N)=O. The van der Waals surface area contributed by atoms with Gasteiger partial charge in [-0.15, -0.1) is 0 Å². The molecule has 0 bridgehead atoms. The van der Waals surface area contributed by atoms with Crippen molar-refractivity contribution in [1.82, 2.24) is 0 Å². The number of nitrogens with two attached hydrogens (primary N) is 1. The third-order valence-corrected chi connectivity index (χ3v) is 4.36. The highest BCUT2D eigenvalue weighted by atomic mass is 79.9. The molecule has 0 atom stereocenters. The summed E-state index contributed by atoms with van der Waals surface area (Å²) in [7, 11) is 0. The third-order valence-electron chi connectivity index (χ3n) is 3.11. The number of amides is 1. The van der Waals surface area contributed by atoms with Crippen LogP contribution < -0.4 is 10.5 Å². The first-order chi connectivity index (χ1) is 9.38. The highest BCUT2D eigenvalue weighted by Gasteiger charge is 2.08. The minimum atomic E-state index is -0.426. The Labute approximate surface area is 126 Å². The molecule has 2 rings (SSSR count). The molecule has 0 fully saturated rings. The van der Waals surface area contributed by atoms with Gasteiger partial charge < -0.3 is 10.5 Å². The molecule has 104 valence electrons. The zero-order chi connectivity index (χ0) is 14.9. The van der Waals surface area contributed by atoms with Crippen LogP contribution in [-0.2, 0) is 0 Å². The number of carbonyl (C=O) groups is 1. The summed E-state index contributed by atoms with van der Waals surface area (Å²) in [5.41, 5.74) is 8.84. The lowest BCUT2D eigenvalue weighted by Gasteiger charge is -2.11. The molecule has 0 unspecified atom stereocenters. The van der Waals surface area contributed by atoms with E-state index in [4.69, 9.17) is 10.5 Å². The Balaban J connectivity index is 2.31. The van der Waals surface area contributed by atoms with Crippen molar-refractivity contribution in [3.8, 4) is 11.5 Å². The van der Waals surface area contributed by atoms with Gasteiger partial charge in [-0.2, -0.15) is 0 Å². The van der Waals surface area contributed by atoms with Gasteiger partial charge in [-0.25, -0.2) is 0 Å². The Morgan fingerprint density at radius 1 is 1.00 bits per heavy atom. The summed E-state index contributed by atoms with van der Waals surface area (Å²) >= 11 is 3.53. The first-order valence-electron chi connectivity index (χ1n) is 6.23. The number of carbonyl (C=O) groups excluding carboxylic acids is 1. The molecule has 2 aromatic rings. The number of rotatable bonds is 3. The maximum atomic E-state index is 11.2. The fourth-order valence-corrected chi connectivity index (χ4v) is 2.31. The van der Waals surface area contributed by atoms with Crippen LogP contribution in [0.2, 0.25) is 0 Å². The van der Waals surface area contributed by atoms with Gasteiger partial charge in [0.15, 0.2) is 0 Å². The van der Waals surface area contributed by atoms with Crippen molar-refractivity contribution in [2.45, 2.75) is 20.8 Å². The number of hydrogen-bond acceptors (Lipinski definition) is 2. The van der Waals surface area contributed by atoms with Crippen LogP contribution in [0.15, 0.2) is 34.8 Å². The fourth-order valence-electron chi connectivity index (χ4n) is 2.08. The second-order valence-corrected chi connectivity index (χ2v) is 5.61. The highest BCUT2D eigenvalue weighted by Crippen LogP contribution is 2.30. The Morgan fingerprint density at radius 2 is 1.55 bits per heavy atom. The third kappa shape index (κ3) is 3.02. The minimum absolute atomic E-state index is 0.426. The monoisotopic (exact) mass is 333 g/mol. The first-order valence-corrected chi connectivity index (χ1v) is 7.03. The summed E-state index contributed by atoms with van der Waals surface area (Å²) in [4.78, 5) is 11.2. The van der Waals surface area contributed by atoms with E-state index in [2.05, 4.69) is 15.9 Å². The largest absolute Gasteiger partial charge is 0.457 e. The van der Waals surface area contributed by atoms with Gasteiger partial charge in [-0.05, 0) is 67.8 Å². The summed E-state index contributed by atoms with van der Waals surface area (Å²) in [6, 6.07) is 9.18. The molecule has 4 heteroatoms. The highest BCUT2D eigenvalue weighted by molar-refractivity contribution is 9.10. The first kappa shape index (κ1) is 14.6. The quantitative estimate of drug-likeness (QED) is 0.911. The molecule has 0 radical (unpaired) electrons. The number of aryl methyl sites for hydroxylation is 3. The number of benzene rings is 2. The van der Waals surface area contributed by atoms with Gasteiger partial charge in [0, 0.05) is 10.0 Å². The van der Waals surface area contributed by atoms with E-state index >= 15 is 0 Å².